The second-order valence-electron chi connectivity index (χ2n) is 8.16. The van der Waals surface area contributed by atoms with Gasteiger partial charge in [0.15, 0.2) is 0 Å². The number of rotatable bonds is 7. The summed E-state index contributed by atoms with van der Waals surface area (Å²) in [6, 6.07) is 6.68. The highest BCUT2D eigenvalue weighted by Gasteiger charge is 2.49. The Bertz CT molecular complexity index is 817. The summed E-state index contributed by atoms with van der Waals surface area (Å²) in [6.45, 7) is 3.26. The van der Waals surface area contributed by atoms with Crippen molar-refractivity contribution in [2.45, 2.75) is 64.0 Å². The van der Waals surface area contributed by atoms with Crippen LogP contribution >= 0.6 is 0 Å². The molecule has 4 amide bonds. The standard InChI is InChI=1S/C22H29N3O5/c1-15-8-10-16(11-9-15)22(2)20(28)25(21(29)24-22)14-18(26)23-13-12-19(27)30-17-6-4-3-5-7-17/h8-11,17H,3-7,12-14H2,1-2H3,(H,23,26)(H,24,29)/t22-/m0/s1. The van der Waals surface area contributed by atoms with Gasteiger partial charge >= 0.3 is 12.0 Å². The van der Waals surface area contributed by atoms with E-state index < -0.39 is 29.9 Å². The van der Waals surface area contributed by atoms with E-state index in [0.29, 0.717) is 5.56 Å². The number of carbonyl (C=O) groups excluding carboxylic acids is 4. The molecular formula is C22H29N3O5. The van der Waals surface area contributed by atoms with E-state index in [2.05, 4.69) is 10.6 Å². The molecule has 1 aromatic carbocycles. The Morgan fingerprint density at radius 3 is 2.50 bits per heavy atom. The van der Waals surface area contributed by atoms with E-state index in [1.165, 1.54) is 6.42 Å². The first-order valence-electron chi connectivity index (χ1n) is 10.5. The topological polar surface area (TPSA) is 105 Å². The van der Waals surface area contributed by atoms with Crippen molar-refractivity contribution in [2.75, 3.05) is 13.1 Å². The van der Waals surface area contributed by atoms with E-state index in [0.717, 1.165) is 36.1 Å². The molecule has 0 aromatic heterocycles. The lowest BCUT2D eigenvalue weighted by Gasteiger charge is -2.22. The maximum absolute atomic E-state index is 12.9. The van der Waals surface area contributed by atoms with Gasteiger partial charge in [0.2, 0.25) is 5.91 Å². The van der Waals surface area contributed by atoms with Crippen molar-refractivity contribution in [2.24, 2.45) is 0 Å². The zero-order chi connectivity index (χ0) is 21.7. The average molecular weight is 415 g/mol. The summed E-state index contributed by atoms with van der Waals surface area (Å²) in [5, 5.41) is 5.25. The van der Waals surface area contributed by atoms with E-state index in [9.17, 15) is 19.2 Å². The van der Waals surface area contributed by atoms with Gasteiger partial charge in [-0.15, -0.1) is 0 Å². The summed E-state index contributed by atoms with van der Waals surface area (Å²) in [5.41, 5.74) is 0.478. The number of hydrogen-bond donors (Lipinski definition) is 2. The van der Waals surface area contributed by atoms with Crippen molar-refractivity contribution in [3.63, 3.8) is 0 Å². The van der Waals surface area contributed by atoms with Crippen LogP contribution in [0.4, 0.5) is 4.79 Å². The Morgan fingerprint density at radius 1 is 1.17 bits per heavy atom. The van der Waals surface area contributed by atoms with Crippen molar-refractivity contribution in [1.29, 1.82) is 0 Å². The summed E-state index contributed by atoms with van der Waals surface area (Å²) in [7, 11) is 0. The molecule has 162 valence electrons. The Hall–Kier alpha value is -2.90. The lowest BCUT2D eigenvalue weighted by atomic mass is 9.91. The van der Waals surface area contributed by atoms with Crippen molar-refractivity contribution in [3.8, 4) is 0 Å². The molecule has 1 saturated heterocycles. The first-order valence-corrected chi connectivity index (χ1v) is 10.5. The highest BCUT2D eigenvalue weighted by atomic mass is 16.5. The number of aryl methyl sites for hydroxylation is 1. The third-order valence-corrected chi connectivity index (χ3v) is 5.71. The zero-order valence-corrected chi connectivity index (χ0v) is 17.5. The molecule has 1 aliphatic heterocycles. The zero-order valence-electron chi connectivity index (χ0n) is 17.5. The SMILES string of the molecule is Cc1ccc([C@]2(C)NC(=O)N(CC(=O)NCCC(=O)OC3CCCCC3)C2=O)cc1. The van der Waals surface area contributed by atoms with E-state index in [1.807, 2.05) is 19.1 Å². The molecule has 2 N–H and O–H groups in total. The highest BCUT2D eigenvalue weighted by molar-refractivity contribution is 6.09. The normalized spacial score (nSPS) is 22.0. The monoisotopic (exact) mass is 415 g/mol. The maximum atomic E-state index is 12.9. The van der Waals surface area contributed by atoms with E-state index >= 15 is 0 Å². The van der Waals surface area contributed by atoms with Crippen LogP contribution in [-0.4, -0.2) is 47.9 Å². The number of amides is 4. The molecule has 0 radical (unpaired) electrons. The van der Waals surface area contributed by atoms with Gasteiger partial charge in [-0.1, -0.05) is 36.2 Å². The van der Waals surface area contributed by atoms with Crippen LogP contribution in [0.15, 0.2) is 24.3 Å². The smallest absolute Gasteiger partial charge is 0.325 e. The second-order valence-corrected chi connectivity index (χ2v) is 8.16. The van der Waals surface area contributed by atoms with Crippen molar-refractivity contribution < 1.29 is 23.9 Å². The van der Waals surface area contributed by atoms with Crippen LogP contribution < -0.4 is 10.6 Å². The predicted molar refractivity (Wildman–Crippen MR) is 109 cm³/mol. The minimum absolute atomic E-state index is 0.0210. The van der Waals surface area contributed by atoms with Crippen molar-refractivity contribution in [1.82, 2.24) is 15.5 Å². The highest BCUT2D eigenvalue weighted by Crippen LogP contribution is 2.28. The third-order valence-electron chi connectivity index (χ3n) is 5.71. The molecule has 1 aromatic rings. The number of hydrogen-bond acceptors (Lipinski definition) is 5. The quantitative estimate of drug-likeness (QED) is 0.524. The Kier molecular flexibility index (Phi) is 6.74. The van der Waals surface area contributed by atoms with Crippen molar-refractivity contribution in [3.05, 3.63) is 35.4 Å². The van der Waals surface area contributed by atoms with E-state index in [1.54, 1.807) is 19.1 Å². The van der Waals surface area contributed by atoms with Gasteiger partial charge in [-0.2, -0.15) is 0 Å². The summed E-state index contributed by atoms with van der Waals surface area (Å²) >= 11 is 0. The predicted octanol–water partition coefficient (Wildman–Crippen LogP) is 2.14. The molecule has 0 unspecified atom stereocenters. The number of nitrogens with one attached hydrogen (secondary N) is 2. The number of nitrogens with zero attached hydrogens (tertiary/aromatic N) is 1. The number of carbonyl (C=O) groups is 4. The van der Waals surface area contributed by atoms with Crippen LogP contribution in [0.2, 0.25) is 0 Å². The summed E-state index contributed by atoms with van der Waals surface area (Å²) in [4.78, 5) is 50.2. The van der Waals surface area contributed by atoms with Crippen molar-refractivity contribution >= 4 is 23.8 Å². The minimum atomic E-state index is -1.21. The van der Waals surface area contributed by atoms with Gasteiger partial charge in [-0.3, -0.25) is 19.3 Å². The number of esters is 1. The molecule has 1 atom stereocenters. The Balaban J connectivity index is 1.47. The Labute approximate surface area is 176 Å². The Morgan fingerprint density at radius 2 is 1.83 bits per heavy atom. The van der Waals surface area contributed by atoms with Gasteiger partial charge in [0.1, 0.15) is 18.2 Å². The molecule has 1 aliphatic carbocycles. The largest absolute Gasteiger partial charge is 0.462 e. The number of ether oxygens (including phenoxy) is 1. The first-order chi connectivity index (χ1) is 14.3. The second kappa shape index (κ2) is 9.28. The summed E-state index contributed by atoms with van der Waals surface area (Å²) in [5.74, 6) is -1.33. The first kappa shape index (κ1) is 21.8. The lowest BCUT2D eigenvalue weighted by molar-refractivity contribution is -0.150. The fourth-order valence-electron chi connectivity index (χ4n) is 3.85. The molecule has 2 fully saturated rings. The fraction of sp³-hybridized carbons (Fsp3) is 0.545. The maximum Gasteiger partial charge on any atom is 0.325 e. The molecular weight excluding hydrogens is 386 g/mol. The number of imide groups is 1. The van der Waals surface area contributed by atoms with E-state index in [-0.39, 0.29) is 25.0 Å². The van der Waals surface area contributed by atoms with Gasteiger partial charge in [0.05, 0.1) is 6.42 Å². The molecule has 0 spiro atoms. The molecule has 3 rings (SSSR count). The van der Waals surface area contributed by atoms with Gasteiger partial charge < -0.3 is 15.4 Å². The van der Waals surface area contributed by atoms with Crippen LogP contribution in [0.25, 0.3) is 0 Å². The lowest BCUT2D eigenvalue weighted by Crippen LogP contribution is -2.43. The molecule has 1 saturated carbocycles. The molecule has 1 heterocycles. The number of benzene rings is 1. The molecule has 8 heteroatoms. The fourth-order valence-corrected chi connectivity index (χ4v) is 3.85. The molecule has 8 nitrogen and oxygen atoms in total. The van der Waals surface area contributed by atoms with Gasteiger partial charge in [-0.25, -0.2) is 4.79 Å². The van der Waals surface area contributed by atoms with Crippen LogP contribution in [0, 0.1) is 6.92 Å². The third kappa shape index (κ3) is 4.98. The van der Waals surface area contributed by atoms with E-state index in [4.69, 9.17) is 4.74 Å². The van der Waals surface area contributed by atoms with Gasteiger partial charge in [-0.05, 0) is 45.1 Å². The summed E-state index contributed by atoms with van der Waals surface area (Å²) in [6.07, 6.45) is 5.14. The number of urea groups is 1. The van der Waals surface area contributed by atoms with Crippen LogP contribution in [0.1, 0.15) is 56.6 Å². The molecule has 2 aliphatic rings. The summed E-state index contributed by atoms with van der Waals surface area (Å²) < 4.78 is 5.41. The van der Waals surface area contributed by atoms with Crippen LogP contribution in [0.5, 0.6) is 0 Å². The molecule has 30 heavy (non-hydrogen) atoms. The average Bonchev–Trinajstić information content (AvgIpc) is 2.93. The van der Waals surface area contributed by atoms with Gasteiger partial charge in [0.25, 0.3) is 5.91 Å². The minimum Gasteiger partial charge on any atom is -0.462 e. The molecule has 0 bridgehead atoms. The van der Waals surface area contributed by atoms with Crippen LogP contribution in [-0.2, 0) is 24.7 Å². The van der Waals surface area contributed by atoms with Crippen LogP contribution in [0.3, 0.4) is 0 Å². The van der Waals surface area contributed by atoms with Gasteiger partial charge in [0, 0.05) is 6.54 Å².